The molecular weight excluding hydrogens is 695 g/mol. The summed E-state index contributed by atoms with van der Waals surface area (Å²) in [5.41, 5.74) is 10.4. The molecule has 4 atom stereocenters. The van der Waals surface area contributed by atoms with Gasteiger partial charge in [0.1, 0.15) is 11.5 Å². The molecule has 0 aromatic heterocycles. The summed E-state index contributed by atoms with van der Waals surface area (Å²) in [7, 11) is 3.44. The van der Waals surface area contributed by atoms with Crippen molar-refractivity contribution in [1.82, 2.24) is 21.3 Å². The lowest BCUT2D eigenvalue weighted by Crippen LogP contribution is -2.36. The highest BCUT2D eigenvalue weighted by molar-refractivity contribution is 6.39. The highest BCUT2D eigenvalue weighted by Gasteiger charge is 2.31. The summed E-state index contributed by atoms with van der Waals surface area (Å²) in [6.07, 6.45) is 6.73. The highest BCUT2D eigenvalue weighted by Crippen LogP contribution is 2.47. The van der Waals surface area contributed by atoms with Crippen molar-refractivity contribution in [3.05, 3.63) is 93.0 Å². The predicted molar refractivity (Wildman–Crippen MR) is 206 cm³/mol. The van der Waals surface area contributed by atoms with Crippen molar-refractivity contribution in [3.63, 3.8) is 0 Å². The molecule has 4 aromatic carbocycles. The Morgan fingerprint density at radius 1 is 0.615 bits per heavy atom. The number of methoxy groups -OCH3 is 2. The second-order valence-corrected chi connectivity index (χ2v) is 15.2. The third-order valence-corrected chi connectivity index (χ3v) is 12.1. The largest absolute Gasteiger partial charge is 0.496 e. The third-order valence-electron chi connectivity index (χ3n) is 11.3. The number of nitrogens with one attached hydrogen (secondary N) is 4. The Labute approximate surface area is 315 Å². The number of hydrogen-bond acceptors (Lipinski definition) is 6. The molecular formula is C42H44Cl2N4O4. The van der Waals surface area contributed by atoms with Crippen molar-refractivity contribution in [2.75, 3.05) is 27.3 Å². The fourth-order valence-corrected chi connectivity index (χ4v) is 9.35. The molecule has 8 rings (SSSR count). The van der Waals surface area contributed by atoms with E-state index >= 15 is 0 Å². The molecule has 2 aliphatic carbocycles. The van der Waals surface area contributed by atoms with E-state index in [0.29, 0.717) is 22.9 Å². The fourth-order valence-electron chi connectivity index (χ4n) is 8.67. The molecule has 8 nitrogen and oxygen atoms in total. The minimum atomic E-state index is 0.132. The minimum Gasteiger partial charge on any atom is -0.496 e. The number of hydrogen-bond donors (Lipinski definition) is 4. The Kier molecular flexibility index (Phi) is 9.92. The number of fused-ring (bicyclic) bond motifs is 2. The number of halogens is 2. The zero-order valence-electron chi connectivity index (χ0n) is 29.5. The van der Waals surface area contributed by atoms with Crippen LogP contribution in [0.3, 0.4) is 0 Å². The van der Waals surface area contributed by atoms with E-state index in [1.165, 1.54) is 22.3 Å². The number of amides is 2. The lowest BCUT2D eigenvalue weighted by Gasteiger charge is -2.21. The van der Waals surface area contributed by atoms with Crippen molar-refractivity contribution >= 4 is 35.0 Å². The van der Waals surface area contributed by atoms with E-state index in [4.69, 9.17) is 32.7 Å². The molecule has 4 aliphatic rings. The molecule has 52 heavy (non-hydrogen) atoms. The Bertz CT molecular complexity index is 1910. The summed E-state index contributed by atoms with van der Waals surface area (Å²) in [6, 6.07) is 21.5. The first kappa shape index (κ1) is 35.0. The van der Waals surface area contributed by atoms with Gasteiger partial charge in [0.2, 0.25) is 11.8 Å². The number of rotatable bonds is 11. The Balaban J connectivity index is 1.07. The predicted octanol–water partition coefficient (Wildman–Crippen LogP) is 7.72. The van der Waals surface area contributed by atoms with Crippen LogP contribution in [-0.2, 0) is 22.4 Å². The molecule has 4 N–H and O–H groups in total. The van der Waals surface area contributed by atoms with Gasteiger partial charge in [-0.05, 0) is 72.9 Å². The standard InChI is InChI=1S/C42H44Cl2N4O4/c1-51-35-19-25(17-23-9-13-33(39(23)35)45-21-27-11-15-37(49)47-27)29-5-3-7-31(41(29)43)32-8-4-6-30(42(32)44)26-18-24-10-14-34(40(24)36(20-26)52-2)46-22-28-12-16-38(50)48-28/h3-8,17-20,27-28,33-34,45-46H,9-16,21-22H2,1-2H3,(H,47,49)(H,48,50)/t27-,28-,33-,34-/m0/s1. The molecule has 2 saturated heterocycles. The van der Waals surface area contributed by atoms with Gasteiger partial charge in [-0.1, -0.05) is 71.7 Å². The molecule has 0 bridgehead atoms. The van der Waals surface area contributed by atoms with Crippen molar-refractivity contribution < 1.29 is 19.1 Å². The lowest BCUT2D eigenvalue weighted by atomic mass is 9.93. The van der Waals surface area contributed by atoms with Gasteiger partial charge in [-0.25, -0.2) is 0 Å². The second kappa shape index (κ2) is 14.7. The maximum Gasteiger partial charge on any atom is 0.220 e. The van der Waals surface area contributed by atoms with Crippen LogP contribution >= 0.6 is 23.2 Å². The van der Waals surface area contributed by atoms with Crippen molar-refractivity contribution in [3.8, 4) is 44.9 Å². The van der Waals surface area contributed by atoms with Crippen LogP contribution in [0, 0.1) is 0 Å². The van der Waals surface area contributed by atoms with Gasteiger partial charge in [0.25, 0.3) is 0 Å². The molecule has 0 saturated carbocycles. The smallest absolute Gasteiger partial charge is 0.220 e. The van der Waals surface area contributed by atoms with Crippen LogP contribution < -0.4 is 30.7 Å². The van der Waals surface area contributed by atoms with Crippen LogP contribution in [0.1, 0.15) is 72.9 Å². The first-order valence-electron chi connectivity index (χ1n) is 18.4. The van der Waals surface area contributed by atoms with Gasteiger partial charge in [0.05, 0.1) is 24.3 Å². The first-order valence-corrected chi connectivity index (χ1v) is 19.1. The monoisotopic (exact) mass is 738 g/mol. The molecule has 0 spiro atoms. The summed E-state index contributed by atoms with van der Waals surface area (Å²) < 4.78 is 11.9. The van der Waals surface area contributed by atoms with Gasteiger partial charge in [-0.3, -0.25) is 9.59 Å². The van der Waals surface area contributed by atoms with Crippen LogP contribution in [0.15, 0.2) is 60.7 Å². The quantitative estimate of drug-likeness (QED) is 0.126. The molecule has 2 fully saturated rings. The summed E-state index contributed by atoms with van der Waals surface area (Å²) in [6.45, 7) is 1.49. The van der Waals surface area contributed by atoms with Crippen LogP contribution in [0.5, 0.6) is 11.5 Å². The topological polar surface area (TPSA) is 101 Å². The molecule has 10 heteroatoms. The van der Waals surface area contributed by atoms with Gasteiger partial charge >= 0.3 is 0 Å². The molecule has 0 unspecified atom stereocenters. The van der Waals surface area contributed by atoms with E-state index in [9.17, 15) is 9.59 Å². The van der Waals surface area contributed by atoms with Crippen molar-refractivity contribution in [1.29, 1.82) is 0 Å². The van der Waals surface area contributed by atoms with Crippen LogP contribution in [0.25, 0.3) is 33.4 Å². The average molecular weight is 740 g/mol. The van der Waals surface area contributed by atoms with Gasteiger partial charge in [0.15, 0.2) is 0 Å². The SMILES string of the molecule is COc1cc(-c2cccc(-c3cccc(-c4cc5c(c(OC)c4)[C@@H](NC[C@@H]4CCC(=O)N4)CC5)c3Cl)c2Cl)cc2c1[C@@H](NC[C@@H]1CCC(=O)N1)CC2. The summed E-state index contributed by atoms with van der Waals surface area (Å²) in [4.78, 5) is 23.4. The van der Waals surface area contributed by atoms with E-state index in [0.717, 1.165) is 96.5 Å². The zero-order chi connectivity index (χ0) is 35.9. The summed E-state index contributed by atoms with van der Waals surface area (Å²) >= 11 is 14.6. The molecule has 4 aromatic rings. The van der Waals surface area contributed by atoms with E-state index in [2.05, 4.69) is 57.7 Å². The fraction of sp³-hybridized carbons (Fsp3) is 0.381. The average Bonchev–Trinajstić information content (AvgIpc) is 3.96. The molecule has 0 radical (unpaired) electrons. The van der Waals surface area contributed by atoms with Crippen molar-refractivity contribution in [2.45, 2.75) is 75.5 Å². The summed E-state index contributed by atoms with van der Waals surface area (Å²) in [5, 5.41) is 14.7. The Hall–Kier alpha value is -4.08. The number of carbonyl (C=O) groups excluding carboxylic acids is 2. The van der Waals surface area contributed by atoms with Gasteiger partial charge < -0.3 is 30.7 Å². The minimum absolute atomic E-state index is 0.132. The number of carbonyl (C=O) groups is 2. The Morgan fingerprint density at radius 3 is 1.42 bits per heavy atom. The van der Waals surface area contributed by atoms with Crippen LogP contribution in [0.2, 0.25) is 10.0 Å². The van der Waals surface area contributed by atoms with Gasteiger partial charge in [0, 0.05) is 83.5 Å². The maximum absolute atomic E-state index is 11.7. The maximum atomic E-state index is 11.7. The lowest BCUT2D eigenvalue weighted by molar-refractivity contribution is -0.120. The van der Waals surface area contributed by atoms with Crippen molar-refractivity contribution in [2.24, 2.45) is 0 Å². The molecule has 2 aliphatic heterocycles. The normalized spacial score (nSPS) is 21.9. The first-order chi connectivity index (χ1) is 25.3. The Morgan fingerprint density at radius 2 is 1.04 bits per heavy atom. The number of benzene rings is 4. The van der Waals surface area contributed by atoms with E-state index in [1.54, 1.807) is 14.2 Å². The highest BCUT2D eigenvalue weighted by atomic mass is 35.5. The van der Waals surface area contributed by atoms with Crippen LogP contribution in [0.4, 0.5) is 0 Å². The third kappa shape index (κ3) is 6.66. The zero-order valence-corrected chi connectivity index (χ0v) is 31.1. The molecule has 270 valence electrons. The molecule has 2 amide bonds. The van der Waals surface area contributed by atoms with E-state index < -0.39 is 0 Å². The van der Waals surface area contributed by atoms with Crippen LogP contribution in [-0.4, -0.2) is 51.2 Å². The number of aryl methyl sites for hydroxylation is 2. The summed E-state index contributed by atoms with van der Waals surface area (Å²) in [5.74, 6) is 1.94. The van der Waals surface area contributed by atoms with Gasteiger partial charge in [-0.15, -0.1) is 0 Å². The van der Waals surface area contributed by atoms with E-state index in [1.807, 2.05) is 24.3 Å². The van der Waals surface area contributed by atoms with Gasteiger partial charge in [-0.2, -0.15) is 0 Å². The van der Waals surface area contributed by atoms with E-state index in [-0.39, 0.29) is 36.0 Å². The molecule has 2 heterocycles. The second-order valence-electron chi connectivity index (χ2n) is 14.4. The number of ether oxygens (including phenoxy) is 2.